The van der Waals surface area contributed by atoms with Gasteiger partial charge in [-0.15, -0.1) is 0 Å². The second kappa shape index (κ2) is 19.0. The highest BCUT2D eigenvalue weighted by atomic mass is 16.4. The van der Waals surface area contributed by atoms with E-state index in [-0.39, 0.29) is 50.6 Å². The molecule has 1 fully saturated rings. The first kappa shape index (κ1) is 37.6. The van der Waals surface area contributed by atoms with E-state index in [2.05, 4.69) is 31.9 Å². The Morgan fingerprint density at radius 1 is 0.976 bits per heavy atom. The maximum absolute atomic E-state index is 13.0. The highest BCUT2D eigenvalue weighted by molar-refractivity contribution is 5.82. The zero-order valence-corrected chi connectivity index (χ0v) is 24.9. The number of aliphatic carboxylic acids is 1. The zero-order chi connectivity index (χ0) is 32.0. The van der Waals surface area contributed by atoms with Crippen LogP contribution >= 0.6 is 0 Å². The van der Waals surface area contributed by atoms with Crippen LogP contribution in [0.3, 0.4) is 0 Å². The van der Waals surface area contributed by atoms with E-state index in [1.165, 1.54) is 0 Å². The van der Waals surface area contributed by atoms with Crippen LogP contribution in [-0.4, -0.2) is 118 Å². The van der Waals surface area contributed by atoms with E-state index >= 15 is 0 Å². The van der Waals surface area contributed by atoms with Gasteiger partial charge in [-0.05, 0) is 37.5 Å². The lowest BCUT2D eigenvalue weighted by atomic mass is 10.0. The van der Waals surface area contributed by atoms with Gasteiger partial charge in [0, 0.05) is 19.0 Å². The molecule has 1 heterocycles. The topological polar surface area (TPSA) is 268 Å². The molecule has 16 heteroatoms. The van der Waals surface area contributed by atoms with Crippen molar-refractivity contribution in [3.63, 3.8) is 0 Å². The molecule has 1 aliphatic rings. The summed E-state index contributed by atoms with van der Waals surface area (Å²) in [6.45, 7) is 7.10. The largest absolute Gasteiger partial charge is 0.480 e. The second-order valence-electron chi connectivity index (χ2n) is 11.7. The predicted octanol–water partition coefficient (Wildman–Crippen LogP) is -3.79. The standard InChI is InChI=1S/C26H51N7O9/c1-13(2)7-18(24(39)30-12-22(37)32-19(26(41)42)8-14(3)4)33-25(40)16(5-6-20(27)35)31-21(36)11-29-23(38)17-9-15(34)10-28-17/h13-19,22-23,25,28-29,32-34,37-38,40H,5-12H2,1-4H3,(H2,27,35)(H,30,39)(H,31,36)(H,41,42)/t15-,16+,17+,18+,19+,22?,23?,25?/m0/s1. The molecule has 1 saturated heterocycles. The predicted molar refractivity (Wildman–Crippen MR) is 152 cm³/mol. The van der Waals surface area contributed by atoms with Crippen LogP contribution in [0.5, 0.6) is 0 Å². The number of carbonyl (C=O) groups is 4. The van der Waals surface area contributed by atoms with E-state index in [4.69, 9.17) is 5.73 Å². The molecule has 1 aliphatic heterocycles. The van der Waals surface area contributed by atoms with Gasteiger partial charge in [-0.25, -0.2) is 0 Å². The molecular weight excluding hydrogens is 554 g/mol. The lowest BCUT2D eigenvalue weighted by Crippen LogP contribution is -2.58. The molecule has 0 aromatic carbocycles. The van der Waals surface area contributed by atoms with Gasteiger partial charge >= 0.3 is 5.97 Å². The average Bonchev–Trinajstić information content (AvgIpc) is 3.32. The fourth-order valence-corrected chi connectivity index (χ4v) is 4.56. The highest BCUT2D eigenvalue weighted by Gasteiger charge is 2.31. The number of primary amides is 1. The van der Waals surface area contributed by atoms with E-state index in [0.717, 1.165) is 0 Å². The van der Waals surface area contributed by atoms with Gasteiger partial charge in [0.1, 0.15) is 24.7 Å². The quantitative estimate of drug-likeness (QED) is 0.0561. The Bertz CT molecular complexity index is 864. The fourth-order valence-electron chi connectivity index (χ4n) is 4.56. The maximum Gasteiger partial charge on any atom is 0.320 e. The molecule has 16 nitrogen and oxygen atoms in total. The van der Waals surface area contributed by atoms with Gasteiger partial charge < -0.3 is 47.2 Å². The number of aliphatic hydroxyl groups excluding tert-OH is 4. The summed E-state index contributed by atoms with van der Waals surface area (Å²) in [5.41, 5.74) is 5.26. The summed E-state index contributed by atoms with van der Waals surface area (Å²) in [5, 5.41) is 66.4. The molecule has 13 N–H and O–H groups in total. The Morgan fingerprint density at radius 3 is 2.12 bits per heavy atom. The monoisotopic (exact) mass is 605 g/mol. The van der Waals surface area contributed by atoms with Crippen LogP contribution in [-0.2, 0) is 19.2 Å². The van der Waals surface area contributed by atoms with Crippen LogP contribution in [0, 0.1) is 11.8 Å². The molecule has 0 aliphatic carbocycles. The lowest BCUT2D eigenvalue weighted by molar-refractivity contribution is -0.141. The fraction of sp³-hybridized carbons (Fsp3) is 0.846. The van der Waals surface area contributed by atoms with E-state index in [9.17, 15) is 44.7 Å². The molecule has 8 atom stereocenters. The number of nitrogens with one attached hydrogen (secondary N) is 6. The Kier molecular flexibility index (Phi) is 17.0. The summed E-state index contributed by atoms with van der Waals surface area (Å²) >= 11 is 0. The third kappa shape index (κ3) is 15.2. The molecule has 0 aromatic rings. The number of β-amino-alcohol motifs (C(OH)–C–C–N with tert-alkyl or cyclic N) is 1. The first-order chi connectivity index (χ1) is 19.6. The molecular formula is C26H51N7O9. The Labute approximate surface area is 246 Å². The third-order valence-electron chi connectivity index (χ3n) is 6.69. The van der Waals surface area contributed by atoms with Crippen molar-refractivity contribution in [1.29, 1.82) is 0 Å². The van der Waals surface area contributed by atoms with Gasteiger partial charge in [0.05, 0.1) is 31.3 Å². The Balaban J connectivity index is 2.79. The molecule has 0 saturated carbocycles. The van der Waals surface area contributed by atoms with Crippen molar-refractivity contribution in [3.8, 4) is 0 Å². The number of amides is 3. The van der Waals surface area contributed by atoms with Crippen molar-refractivity contribution >= 4 is 23.7 Å². The van der Waals surface area contributed by atoms with Gasteiger partial charge in [-0.1, -0.05) is 27.7 Å². The molecule has 0 aromatic heterocycles. The van der Waals surface area contributed by atoms with Crippen molar-refractivity contribution < 1.29 is 44.7 Å². The minimum absolute atomic E-state index is 0.00186. The zero-order valence-electron chi connectivity index (χ0n) is 24.9. The third-order valence-corrected chi connectivity index (χ3v) is 6.69. The van der Waals surface area contributed by atoms with E-state index in [0.29, 0.717) is 13.0 Å². The van der Waals surface area contributed by atoms with E-state index in [1.807, 2.05) is 27.7 Å². The SMILES string of the molecule is CC(C)C[C@@H](NC(O)CNC(=O)[C@@H](CC(C)C)NC(O)[C@@H](CCC(N)=O)NC(=O)CNC(O)[C@H]1C[C@H](O)CN1)C(=O)O. The van der Waals surface area contributed by atoms with Crippen molar-refractivity contribution in [2.45, 2.75) is 109 Å². The molecule has 3 amide bonds. The van der Waals surface area contributed by atoms with Crippen LogP contribution in [0.4, 0.5) is 0 Å². The van der Waals surface area contributed by atoms with Gasteiger partial charge in [0.25, 0.3) is 0 Å². The van der Waals surface area contributed by atoms with Crippen molar-refractivity contribution in [1.82, 2.24) is 31.9 Å². The van der Waals surface area contributed by atoms with Crippen molar-refractivity contribution in [3.05, 3.63) is 0 Å². The number of carbonyl (C=O) groups excluding carboxylic acids is 3. The summed E-state index contributed by atoms with van der Waals surface area (Å²) in [5.74, 6) is -2.90. The number of aliphatic hydroxyl groups is 4. The summed E-state index contributed by atoms with van der Waals surface area (Å²) in [6.07, 6.45) is -3.88. The number of hydrogen-bond acceptors (Lipinski definition) is 12. The van der Waals surface area contributed by atoms with Gasteiger partial charge in [0.15, 0.2) is 0 Å². The first-order valence-electron chi connectivity index (χ1n) is 14.4. The van der Waals surface area contributed by atoms with Crippen LogP contribution in [0.1, 0.15) is 59.8 Å². The highest BCUT2D eigenvalue weighted by Crippen LogP contribution is 2.11. The summed E-state index contributed by atoms with van der Waals surface area (Å²) in [7, 11) is 0. The summed E-state index contributed by atoms with van der Waals surface area (Å²) in [6, 6.07) is -3.45. The van der Waals surface area contributed by atoms with Gasteiger partial charge in [0.2, 0.25) is 17.7 Å². The van der Waals surface area contributed by atoms with Gasteiger partial charge in [-0.3, -0.25) is 35.1 Å². The summed E-state index contributed by atoms with van der Waals surface area (Å²) in [4.78, 5) is 48.5. The van der Waals surface area contributed by atoms with Crippen LogP contribution in [0.2, 0.25) is 0 Å². The molecule has 0 spiro atoms. The molecule has 42 heavy (non-hydrogen) atoms. The van der Waals surface area contributed by atoms with Crippen LogP contribution in [0.25, 0.3) is 0 Å². The summed E-state index contributed by atoms with van der Waals surface area (Å²) < 4.78 is 0. The molecule has 3 unspecified atom stereocenters. The number of nitrogens with two attached hydrogens (primary N) is 1. The maximum atomic E-state index is 13.0. The number of hydrogen-bond donors (Lipinski definition) is 12. The minimum Gasteiger partial charge on any atom is -0.480 e. The molecule has 1 rings (SSSR count). The number of rotatable bonds is 21. The number of carboxylic acid groups (broad SMARTS) is 1. The smallest absolute Gasteiger partial charge is 0.320 e. The van der Waals surface area contributed by atoms with E-state index < -0.39 is 72.6 Å². The average molecular weight is 606 g/mol. The van der Waals surface area contributed by atoms with Gasteiger partial charge in [-0.2, -0.15) is 0 Å². The Morgan fingerprint density at radius 2 is 1.60 bits per heavy atom. The molecule has 0 bridgehead atoms. The van der Waals surface area contributed by atoms with Crippen LogP contribution < -0.4 is 37.6 Å². The van der Waals surface area contributed by atoms with E-state index in [1.54, 1.807) is 0 Å². The van der Waals surface area contributed by atoms with Crippen molar-refractivity contribution in [2.75, 3.05) is 19.6 Å². The normalized spacial score (nSPS) is 21.4. The lowest BCUT2D eigenvalue weighted by Gasteiger charge is -2.30. The Hall–Kier alpha value is -2.44. The molecule has 0 radical (unpaired) electrons. The molecule has 244 valence electrons. The minimum atomic E-state index is -1.48. The van der Waals surface area contributed by atoms with Crippen LogP contribution in [0.15, 0.2) is 0 Å². The first-order valence-corrected chi connectivity index (χ1v) is 14.4. The number of carboxylic acids is 1. The second-order valence-corrected chi connectivity index (χ2v) is 11.7. The van der Waals surface area contributed by atoms with Crippen molar-refractivity contribution in [2.24, 2.45) is 17.6 Å².